The van der Waals surface area contributed by atoms with Gasteiger partial charge in [-0.25, -0.2) is 0 Å². The third kappa shape index (κ3) is 1.76. The Hall–Kier alpha value is 0.0896. The molecule has 0 radical (unpaired) electrons. The van der Waals surface area contributed by atoms with Gasteiger partial charge in [-0.15, -0.1) is 0 Å². The first kappa shape index (κ1) is 10.6. The average molecular weight is 180 g/mol. The van der Waals surface area contributed by atoms with Gasteiger partial charge in [0.2, 0.25) is 0 Å². The van der Waals surface area contributed by atoms with Crippen LogP contribution in [-0.4, -0.2) is 49.5 Å². The van der Waals surface area contributed by atoms with E-state index in [4.69, 9.17) is 0 Å². The van der Waals surface area contributed by atoms with Gasteiger partial charge in [0.25, 0.3) is 0 Å². The topological polar surface area (TPSA) is 12.0 Å². The minimum Gasteiger partial charge on any atom is -0.359 e. The van der Waals surface area contributed by atoms with Gasteiger partial charge in [-0.2, -0.15) is 0 Å². The first-order chi connectivity index (χ1) is 6.74. The highest BCUT2D eigenvalue weighted by molar-refractivity contribution is 7.63. The fourth-order valence-electron chi connectivity index (χ4n) is 3.38. The molecule has 1 nitrogen and oxygen atoms in total. The van der Waals surface area contributed by atoms with Gasteiger partial charge in [-0.1, -0.05) is 23.2 Å². The summed E-state index contributed by atoms with van der Waals surface area (Å²) in [6, 6.07) is 0. The van der Waals surface area contributed by atoms with Crippen LogP contribution < -0.4 is 5.23 Å². The molecule has 0 unspecified atom stereocenters. The minimum absolute atomic E-state index is 0.849. The summed E-state index contributed by atoms with van der Waals surface area (Å²) in [4.78, 5) is 0. The summed E-state index contributed by atoms with van der Waals surface area (Å²) in [6.07, 6.45) is 2.67. The van der Waals surface area contributed by atoms with Crippen molar-refractivity contribution in [2.45, 2.75) is 25.4 Å². The molecule has 0 spiro atoms. The summed E-state index contributed by atoms with van der Waals surface area (Å²) in [6.45, 7) is 5.39. The van der Waals surface area contributed by atoms with E-state index in [9.17, 15) is 0 Å². The van der Waals surface area contributed by atoms with Crippen molar-refractivity contribution in [3.8, 4) is 0 Å². The second-order valence-corrected chi connectivity index (χ2v) is 5.10. The average Bonchev–Trinajstić information content (AvgIpc) is 2.23. The van der Waals surface area contributed by atoms with Crippen molar-refractivity contribution < 1.29 is 0 Å². The fraction of sp³-hybridized carbons (Fsp3) is 0.714. The molecule has 0 amide bonds. The molecular weight excluding hydrogens is 163 g/mol. The molecule has 0 bridgehead atoms. The number of nitrogens with one attached hydrogen (secondary N) is 1. The van der Waals surface area contributed by atoms with Crippen LogP contribution in [0, 0.1) is 0 Å². The van der Waals surface area contributed by atoms with Crippen molar-refractivity contribution >= 4 is 42.9 Å². The SMILES string of the molecule is BBB1CC(C)=C2CCNB[C@H]2B1B. The van der Waals surface area contributed by atoms with E-state index in [-0.39, 0.29) is 0 Å². The lowest BCUT2D eigenvalue weighted by Crippen LogP contribution is -2.54. The van der Waals surface area contributed by atoms with Gasteiger partial charge in [-0.05, 0) is 19.9 Å². The van der Waals surface area contributed by atoms with Crippen LogP contribution in [0.2, 0.25) is 12.0 Å². The van der Waals surface area contributed by atoms with Crippen LogP contribution in [0.1, 0.15) is 13.3 Å². The molecule has 2 aliphatic heterocycles. The predicted octanol–water partition coefficient (Wildman–Crippen LogP) is -2.33. The first-order valence-electron chi connectivity index (χ1n) is 6.13. The van der Waals surface area contributed by atoms with Gasteiger partial charge in [0.15, 0.2) is 7.41 Å². The summed E-state index contributed by atoms with van der Waals surface area (Å²) in [5.41, 5.74) is 4.35. The normalized spacial score (nSPS) is 27.1. The molecule has 1 N–H and O–H groups in total. The van der Waals surface area contributed by atoms with Gasteiger partial charge in [0.1, 0.15) is 0 Å². The summed E-state index contributed by atoms with van der Waals surface area (Å²) in [5, 5.41) is 3.55. The van der Waals surface area contributed by atoms with E-state index in [0.717, 1.165) is 18.7 Å². The molecular formula is C7H17B6N. The maximum atomic E-state index is 3.55. The van der Waals surface area contributed by atoms with Crippen LogP contribution in [0.15, 0.2) is 11.1 Å². The van der Waals surface area contributed by atoms with E-state index in [2.05, 4.69) is 27.6 Å². The summed E-state index contributed by atoms with van der Waals surface area (Å²) < 4.78 is 0. The molecule has 14 heavy (non-hydrogen) atoms. The molecule has 1 saturated heterocycles. The zero-order chi connectivity index (χ0) is 10.1. The van der Waals surface area contributed by atoms with Crippen molar-refractivity contribution in [3.05, 3.63) is 11.1 Å². The van der Waals surface area contributed by atoms with Crippen molar-refractivity contribution in [2.24, 2.45) is 0 Å². The molecule has 7 heteroatoms. The highest BCUT2D eigenvalue weighted by Gasteiger charge is 2.37. The number of rotatable bonds is 1. The van der Waals surface area contributed by atoms with Gasteiger partial charge >= 0.3 is 0 Å². The minimum atomic E-state index is 0.849. The molecule has 2 rings (SSSR count). The van der Waals surface area contributed by atoms with E-state index in [1.165, 1.54) is 33.8 Å². The van der Waals surface area contributed by atoms with E-state index >= 15 is 0 Å². The van der Waals surface area contributed by atoms with Crippen LogP contribution in [0.25, 0.3) is 0 Å². The lowest BCUT2D eigenvalue weighted by molar-refractivity contribution is 0.808. The highest BCUT2D eigenvalue weighted by atomic mass is 14.8. The zero-order valence-corrected chi connectivity index (χ0v) is 9.77. The fourth-order valence-corrected chi connectivity index (χ4v) is 3.38. The third-order valence-electron chi connectivity index (χ3n) is 4.40. The second kappa shape index (κ2) is 4.30. The molecule has 0 aromatic rings. The molecule has 0 aromatic carbocycles. The first-order valence-corrected chi connectivity index (χ1v) is 6.13. The molecule has 0 aromatic heterocycles. The largest absolute Gasteiger partial charge is 0.359 e. The highest BCUT2D eigenvalue weighted by Crippen LogP contribution is 2.34. The van der Waals surface area contributed by atoms with Gasteiger partial charge in [0.05, 0.1) is 28.5 Å². The molecule has 1 fully saturated rings. The van der Waals surface area contributed by atoms with Crippen LogP contribution >= 0.6 is 0 Å². The Bertz CT molecular complexity index is 255. The Morgan fingerprint density at radius 3 is 3.14 bits per heavy atom. The van der Waals surface area contributed by atoms with Gasteiger partial charge in [0, 0.05) is 7.06 Å². The van der Waals surface area contributed by atoms with Crippen LogP contribution in [0.4, 0.5) is 0 Å². The standard InChI is InChI=1S/C7H17B6N/c1-5-4-12(11-8)13(9)7-6(5)2-3-14-10-7/h7,10-11,14H,2-4,8-9H2,1H3/t7-/m0/s1. The third-order valence-corrected chi connectivity index (χ3v) is 4.40. The summed E-state index contributed by atoms with van der Waals surface area (Å²) in [7, 11) is 7.38. The Morgan fingerprint density at radius 2 is 2.43 bits per heavy atom. The van der Waals surface area contributed by atoms with Crippen LogP contribution in [0.5, 0.6) is 0 Å². The summed E-state index contributed by atoms with van der Waals surface area (Å²) >= 11 is 0. The Morgan fingerprint density at radius 1 is 1.64 bits per heavy atom. The molecule has 0 saturated carbocycles. The maximum Gasteiger partial charge on any atom is 0.199 e. The molecule has 0 aliphatic carbocycles. The molecule has 2 heterocycles. The lowest BCUT2D eigenvalue weighted by Gasteiger charge is -2.38. The van der Waals surface area contributed by atoms with Crippen molar-refractivity contribution in [3.63, 3.8) is 0 Å². The van der Waals surface area contributed by atoms with E-state index in [1.807, 2.05) is 0 Å². The number of hydrogen-bond donors (Lipinski definition) is 1. The smallest absolute Gasteiger partial charge is 0.199 e. The predicted molar refractivity (Wildman–Crippen MR) is 76.8 cm³/mol. The lowest BCUT2D eigenvalue weighted by atomic mass is 8.81. The maximum absolute atomic E-state index is 3.55. The van der Waals surface area contributed by atoms with Gasteiger partial charge in [-0.3, -0.25) is 0 Å². The Kier molecular flexibility index (Phi) is 3.26. The molecule has 68 valence electrons. The summed E-state index contributed by atoms with van der Waals surface area (Å²) in [5.74, 6) is 0. The van der Waals surface area contributed by atoms with Crippen LogP contribution in [0.3, 0.4) is 0 Å². The van der Waals surface area contributed by atoms with Gasteiger partial charge < -0.3 is 5.23 Å². The Balaban J connectivity index is 2.23. The molecule has 1 atom stereocenters. The van der Waals surface area contributed by atoms with Crippen LogP contribution in [-0.2, 0) is 0 Å². The Labute approximate surface area is 91.7 Å². The van der Waals surface area contributed by atoms with Crippen molar-refractivity contribution in [2.75, 3.05) is 6.54 Å². The monoisotopic (exact) mass is 181 g/mol. The number of allylic oxidation sites excluding steroid dienone is 1. The van der Waals surface area contributed by atoms with E-state index < -0.39 is 0 Å². The molecule has 2 aliphatic rings. The quantitative estimate of drug-likeness (QED) is 0.352. The second-order valence-electron chi connectivity index (χ2n) is 5.10. The van der Waals surface area contributed by atoms with E-state index in [1.54, 1.807) is 11.1 Å². The number of fused-ring (bicyclic) bond motifs is 1. The van der Waals surface area contributed by atoms with E-state index in [0.29, 0.717) is 0 Å². The van der Waals surface area contributed by atoms with Crippen molar-refractivity contribution in [1.29, 1.82) is 0 Å². The zero-order valence-electron chi connectivity index (χ0n) is 9.77. The van der Waals surface area contributed by atoms with Crippen molar-refractivity contribution in [1.82, 2.24) is 5.23 Å². The number of hydrogen-bond acceptors (Lipinski definition) is 1.